The Morgan fingerprint density at radius 3 is 2.43 bits per heavy atom. The molecule has 0 saturated heterocycles. The van der Waals surface area contributed by atoms with Crippen LogP contribution in [0.1, 0.15) is 31.7 Å². The summed E-state index contributed by atoms with van der Waals surface area (Å²) in [6.07, 6.45) is 2.99. The molecule has 2 nitrogen and oxygen atoms in total. The number of phenols is 1. The Morgan fingerprint density at radius 1 is 1.21 bits per heavy atom. The lowest BCUT2D eigenvalue weighted by Crippen LogP contribution is -1.98. The Labute approximate surface area is 84.6 Å². The molecular formula is C12H16O2. The monoisotopic (exact) mass is 192 g/mol. The molecule has 1 aromatic carbocycles. The van der Waals surface area contributed by atoms with Crippen LogP contribution >= 0.6 is 0 Å². The number of aryl methyl sites for hydroxylation is 1. The van der Waals surface area contributed by atoms with Crippen LogP contribution in [-0.4, -0.2) is 10.9 Å². The van der Waals surface area contributed by atoms with Crippen molar-refractivity contribution in [1.82, 2.24) is 0 Å². The van der Waals surface area contributed by atoms with Crippen molar-refractivity contribution in [3.63, 3.8) is 0 Å². The summed E-state index contributed by atoms with van der Waals surface area (Å²) in [6, 6.07) is 7.02. The van der Waals surface area contributed by atoms with Gasteiger partial charge in [0.05, 0.1) is 0 Å². The molecule has 0 amide bonds. The number of Topliss-reactive ketones (excluding diaryl/α,β-unsaturated/α-hetero) is 1. The molecular weight excluding hydrogens is 176 g/mol. The molecule has 0 bridgehead atoms. The fourth-order valence-corrected chi connectivity index (χ4v) is 1.35. The number of ketones is 1. The molecule has 0 aliphatic carbocycles. The highest BCUT2D eigenvalue weighted by molar-refractivity contribution is 5.78. The van der Waals surface area contributed by atoms with Gasteiger partial charge in [-0.15, -0.1) is 0 Å². The second kappa shape index (κ2) is 5.43. The molecule has 0 saturated carbocycles. The van der Waals surface area contributed by atoms with Gasteiger partial charge in [-0.05, 0) is 30.5 Å². The van der Waals surface area contributed by atoms with E-state index in [0.29, 0.717) is 18.6 Å². The maximum absolute atomic E-state index is 11.2. The van der Waals surface area contributed by atoms with E-state index >= 15 is 0 Å². The minimum atomic E-state index is 0.272. The smallest absolute Gasteiger partial charge is 0.133 e. The van der Waals surface area contributed by atoms with Crippen LogP contribution in [0.15, 0.2) is 24.3 Å². The Balaban J connectivity index is 2.38. The van der Waals surface area contributed by atoms with Crippen LogP contribution in [0.2, 0.25) is 0 Å². The normalized spacial score (nSPS) is 10.1. The quantitative estimate of drug-likeness (QED) is 0.778. The summed E-state index contributed by atoms with van der Waals surface area (Å²) in [6.45, 7) is 2.01. The van der Waals surface area contributed by atoms with Gasteiger partial charge < -0.3 is 5.11 Å². The molecule has 0 aromatic heterocycles. The maximum atomic E-state index is 11.2. The Kier molecular flexibility index (Phi) is 4.17. The molecule has 0 fully saturated rings. The summed E-state index contributed by atoms with van der Waals surface area (Å²) < 4.78 is 0. The number of benzene rings is 1. The third-order valence-electron chi connectivity index (χ3n) is 2.16. The van der Waals surface area contributed by atoms with E-state index in [1.807, 2.05) is 19.1 Å². The van der Waals surface area contributed by atoms with Crippen molar-refractivity contribution in [3.05, 3.63) is 29.8 Å². The largest absolute Gasteiger partial charge is 0.508 e. The van der Waals surface area contributed by atoms with E-state index in [1.54, 1.807) is 12.1 Å². The predicted octanol–water partition coefficient (Wildman–Crippen LogP) is 2.69. The van der Waals surface area contributed by atoms with Crippen LogP contribution in [-0.2, 0) is 11.2 Å². The highest BCUT2D eigenvalue weighted by atomic mass is 16.3. The predicted molar refractivity (Wildman–Crippen MR) is 56.3 cm³/mol. The van der Waals surface area contributed by atoms with E-state index in [0.717, 1.165) is 18.4 Å². The summed E-state index contributed by atoms with van der Waals surface area (Å²) in [4.78, 5) is 11.2. The summed E-state index contributed by atoms with van der Waals surface area (Å²) in [5, 5.41) is 9.05. The van der Waals surface area contributed by atoms with Crippen molar-refractivity contribution < 1.29 is 9.90 Å². The van der Waals surface area contributed by atoms with Crippen LogP contribution in [0, 0.1) is 0 Å². The topological polar surface area (TPSA) is 37.3 Å². The van der Waals surface area contributed by atoms with Gasteiger partial charge in [0.2, 0.25) is 0 Å². The lowest BCUT2D eigenvalue weighted by molar-refractivity contribution is -0.119. The van der Waals surface area contributed by atoms with Crippen molar-refractivity contribution in [2.24, 2.45) is 0 Å². The third kappa shape index (κ3) is 3.60. The van der Waals surface area contributed by atoms with Crippen molar-refractivity contribution in [1.29, 1.82) is 0 Å². The number of hydrogen-bond donors (Lipinski definition) is 1. The molecule has 1 aromatic rings. The van der Waals surface area contributed by atoms with E-state index < -0.39 is 0 Å². The van der Waals surface area contributed by atoms with E-state index in [1.165, 1.54) is 0 Å². The molecule has 1 rings (SSSR count). The molecule has 0 aliphatic rings. The fourth-order valence-electron chi connectivity index (χ4n) is 1.35. The number of phenolic OH excluding ortho intramolecular Hbond substituents is 1. The van der Waals surface area contributed by atoms with Gasteiger partial charge in [0, 0.05) is 12.8 Å². The molecule has 0 radical (unpaired) electrons. The molecule has 0 unspecified atom stereocenters. The Morgan fingerprint density at radius 2 is 1.86 bits per heavy atom. The highest BCUT2D eigenvalue weighted by Gasteiger charge is 2.00. The first kappa shape index (κ1) is 10.8. The van der Waals surface area contributed by atoms with Gasteiger partial charge in [0.25, 0.3) is 0 Å². The molecule has 2 heteroatoms. The zero-order valence-corrected chi connectivity index (χ0v) is 8.49. The Hall–Kier alpha value is -1.31. The van der Waals surface area contributed by atoms with Crippen molar-refractivity contribution >= 4 is 5.78 Å². The van der Waals surface area contributed by atoms with E-state index in [2.05, 4.69) is 0 Å². The first-order chi connectivity index (χ1) is 6.72. The standard InChI is InChI=1S/C12H16O2/c1-2-3-11(13)7-4-10-5-8-12(14)9-6-10/h5-6,8-9,14H,2-4,7H2,1H3. The fraction of sp³-hybridized carbons (Fsp3) is 0.417. The third-order valence-corrected chi connectivity index (χ3v) is 2.16. The summed E-state index contributed by atoms with van der Waals surface area (Å²) in [5.74, 6) is 0.592. The molecule has 76 valence electrons. The highest BCUT2D eigenvalue weighted by Crippen LogP contribution is 2.11. The zero-order chi connectivity index (χ0) is 10.4. The minimum Gasteiger partial charge on any atom is -0.508 e. The first-order valence-electron chi connectivity index (χ1n) is 5.02. The summed E-state index contributed by atoms with van der Waals surface area (Å²) >= 11 is 0. The van der Waals surface area contributed by atoms with Gasteiger partial charge in [-0.2, -0.15) is 0 Å². The van der Waals surface area contributed by atoms with Gasteiger partial charge in [0.1, 0.15) is 11.5 Å². The number of rotatable bonds is 5. The van der Waals surface area contributed by atoms with Crippen molar-refractivity contribution in [2.75, 3.05) is 0 Å². The van der Waals surface area contributed by atoms with Crippen molar-refractivity contribution in [2.45, 2.75) is 32.6 Å². The summed E-state index contributed by atoms with van der Waals surface area (Å²) in [5.41, 5.74) is 1.10. The van der Waals surface area contributed by atoms with Crippen LogP contribution < -0.4 is 0 Å². The second-order valence-electron chi connectivity index (χ2n) is 3.46. The SMILES string of the molecule is CCCC(=O)CCc1ccc(O)cc1. The van der Waals surface area contributed by atoms with Gasteiger partial charge in [-0.3, -0.25) is 4.79 Å². The molecule has 0 heterocycles. The number of carbonyl (C=O) groups excluding carboxylic acids is 1. The Bertz CT molecular complexity index is 288. The molecule has 14 heavy (non-hydrogen) atoms. The molecule has 0 atom stereocenters. The average molecular weight is 192 g/mol. The first-order valence-corrected chi connectivity index (χ1v) is 5.02. The minimum absolute atomic E-state index is 0.272. The van der Waals surface area contributed by atoms with E-state index in [4.69, 9.17) is 5.11 Å². The lowest BCUT2D eigenvalue weighted by atomic mass is 10.1. The maximum Gasteiger partial charge on any atom is 0.133 e. The average Bonchev–Trinajstić information content (AvgIpc) is 2.17. The number of carbonyl (C=O) groups is 1. The van der Waals surface area contributed by atoms with Crippen LogP contribution in [0.5, 0.6) is 5.75 Å². The van der Waals surface area contributed by atoms with Gasteiger partial charge in [0.15, 0.2) is 0 Å². The van der Waals surface area contributed by atoms with Crippen LogP contribution in [0.4, 0.5) is 0 Å². The van der Waals surface area contributed by atoms with Crippen LogP contribution in [0.25, 0.3) is 0 Å². The van der Waals surface area contributed by atoms with Gasteiger partial charge >= 0.3 is 0 Å². The molecule has 0 spiro atoms. The molecule has 0 aliphatic heterocycles. The van der Waals surface area contributed by atoms with Crippen molar-refractivity contribution in [3.8, 4) is 5.75 Å². The summed E-state index contributed by atoms with van der Waals surface area (Å²) in [7, 11) is 0. The lowest BCUT2D eigenvalue weighted by Gasteiger charge is -2.00. The molecule has 1 N–H and O–H groups in total. The second-order valence-corrected chi connectivity index (χ2v) is 3.46. The number of hydrogen-bond acceptors (Lipinski definition) is 2. The van der Waals surface area contributed by atoms with E-state index in [-0.39, 0.29) is 5.75 Å². The van der Waals surface area contributed by atoms with Crippen LogP contribution in [0.3, 0.4) is 0 Å². The zero-order valence-electron chi connectivity index (χ0n) is 8.49. The number of aromatic hydroxyl groups is 1. The van der Waals surface area contributed by atoms with E-state index in [9.17, 15) is 4.79 Å². The van der Waals surface area contributed by atoms with Gasteiger partial charge in [-0.25, -0.2) is 0 Å². The van der Waals surface area contributed by atoms with Gasteiger partial charge in [-0.1, -0.05) is 19.1 Å².